The molecule has 3 rings (SSSR count). The van der Waals surface area contributed by atoms with E-state index in [4.69, 9.17) is 0 Å². The van der Waals surface area contributed by atoms with Crippen molar-refractivity contribution >= 4 is 81.6 Å². The number of halogens is 4. The second kappa shape index (κ2) is 13.8. The van der Waals surface area contributed by atoms with Crippen LogP contribution in [-0.2, 0) is 22.4 Å². The van der Waals surface area contributed by atoms with Crippen molar-refractivity contribution < 1.29 is 25.9 Å². The van der Waals surface area contributed by atoms with Gasteiger partial charge >= 0.3 is 6.03 Å². The van der Waals surface area contributed by atoms with Crippen LogP contribution in [0.1, 0.15) is 36.8 Å². The molecule has 0 saturated carbocycles. The molecule has 1 fully saturated rings. The molecule has 1 aliphatic rings. The number of barbiturate groups is 1. The first-order chi connectivity index (χ1) is 17.6. The van der Waals surface area contributed by atoms with Gasteiger partial charge in [-0.3, -0.25) is 19.4 Å². The Bertz CT molecular complexity index is 1030. The standard InChI is InChI=1S/C26H30Br4N4O3/c27-19-9-17(10-20(28)13-19)15-26(16-18-11-21(29)14-22(30)12-18)23(35)33(7-3-1-5-31)25(37)34(24(26)36)8-4-2-6-32/h9-14H,1-8,15-16,31-32H2/p+2. The highest BCUT2D eigenvalue weighted by Crippen LogP contribution is 2.39. The zero-order valence-electron chi connectivity index (χ0n) is 20.6. The van der Waals surface area contributed by atoms with E-state index in [1.54, 1.807) is 0 Å². The molecule has 6 N–H and O–H groups in total. The zero-order valence-corrected chi connectivity index (χ0v) is 26.9. The summed E-state index contributed by atoms with van der Waals surface area (Å²) in [6.45, 7) is 1.95. The Labute approximate surface area is 251 Å². The fourth-order valence-corrected chi connectivity index (χ4v) is 7.48. The van der Waals surface area contributed by atoms with E-state index in [1.807, 2.05) is 36.4 Å². The maximum Gasteiger partial charge on any atom is 0.333 e. The second-order valence-corrected chi connectivity index (χ2v) is 13.0. The molecule has 4 amide bonds. The van der Waals surface area contributed by atoms with Crippen molar-refractivity contribution in [3.05, 3.63) is 65.4 Å². The minimum Gasteiger partial charge on any atom is -0.358 e. The minimum absolute atomic E-state index is 0.164. The van der Waals surface area contributed by atoms with Gasteiger partial charge in [0.1, 0.15) is 5.41 Å². The Balaban J connectivity index is 2.15. The van der Waals surface area contributed by atoms with E-state index in [0.717, 1.165) is 41.9 Å². The fraction of sp³-hybridized carbons (Fsp3) is 0.423. The lowest BCUT2D eigenvalue weighted by molar-refractivity contribution is -0.368. The van der Waals surface area contributed by atoms with Crippen molar-refractivity contribution in [2.45, 2.75) is 38.5 Å². The SMILES string of the molecule is [NH3+]CCCCN1C(=O)N(CCCC[NH3+])C(=O)C(Cc2cc(Br)cc(Br)c2)(Cc2cc(Br)cc(Br)c2)C1=O. The van der Waals surface area contributed by atoms with Gasteiger partial charge in [-0.15, -0.1) is 0 Å². The van der Waals surface area contributed by atoms with Gasteiger partial charge < -0.3 is 11.5 Å². The summed E-state index contributed by atoms with van der Waals surface area (Å²) >= 11 is 14.1. The number of unbranched alkanes of at least 4 members (excludes halogenated alkanes) is 2. The predicted octanol–water partition coefficient (Wildman–Crippen LogP) is 4.34. The molecule has 1 saturated heterocycles. The second-order valence-electron chi connectivity index (χ2n) is 9.31. The molecular weight excluding hydrogens is 736 g/mol. The van der Waals surface area contributed by atoms with Gasteiger partial charge in [0.05, 0.1) is 13.1 Å². The third-order valence-electron chi connectivity index (χ3n) is 6.39. The summed E-state index contributed by atoms with van der Waals surface area (Å²) in [7, 11) is 0. The molecule has 37 heavy (non-hydrogen) atoms. The number of quaternary nitrogens is 2. The first kappa shape index (κ1) is 30.4. The number of imide groups is 2. The zero-order chi connectivity index (χ0) is 27.2. The Morgan fingerprint density at radius 2 is 0.946 bits per heavy atom. The lowest BCUT2D eigenvalue weighted by Gasteiger charge is -2.44. The van der Waals surface area contributed by atoms with Crippen LogP contribution in [0, 0.1) is 5.41 Å². The molecule has 0 radical (unpaired) electrons. The fourth-order valence-electron chi connectivity index (χ4n) is 4.70. The largest absolute Gasteiger partial charge is 0.358 e. The van der Waals surface area contributed by atoms with Crippen LogP contribution in [0.3, 0.4) is 0 Å². The molecule has 1 heterocycles. The van der Waals surface area contributed by atoms with Crippen molar-refractivity contribution in [1.82, 2.24) is 9.80 Å². The van der Waals surface area contributed by atoms with Crippen LogP contribution in [-0.4, -0.2) is 53.8 Å². The minimum atomic E-state index is -1.47. The third kappa shape index (κ3) is 7.51. The number of benzene rings is 2. The van der Waals surface area contributed by atoms with Gasteiger partial charge in [-0.1, -0.05) is 63.7 Å². The Morgan fingerprint density at radius 3 is 1.27 bits per heavy atom. The predicted molar refractivity (Wildman–Crippen MR) is 156 cm³/mol. The number of hydrogen-bond donors (Lipinski definition) is 2. The quantitative estimate of drug-likeness (QED) is 0.248. The smallest absolute Gasteiger partial charge is 0.333 e. The molecule has 2 aromatic rings. The molecular formula is C26H32Br4N4O3+2. The van der Waals surface area contributed by atoms with Crippen LogP contribution < -0.4 is 11.5 Å². The molecule has 0 spiro atoms. The van der Waals surface area contributed by atoms with Crippen LogP contribution in [0.4, 0.5) is 4.79 Å². The van der Waals surface area contributed by atoms with Gasteiger partial charge in [0.15, 0.2) is 0 Å². The maximum atomic E-state index is 14.3. The lowest BCUT2D eigenvalue weighted by atomic mass is 9.72. The number of urea groups is 1. The van der Waals surface area contributed by atoms with Crippen LogP contribution >= 0.6 is 63.7 Å². The van der Waals surface area contributed by atoms with E-state index >= 15 is 0 Å². The summed E-state index contributed by atoms with van der Waals surface area (Å²) in [6, 6.07) is 11.0. The van der Waals surface area contributed by atoms with Crippen molar-refractivity contribution in [2.24, 2.45) is 5.41 Å². The molecule has 11 heteroatoms. The molecule has 2 aromatic carbocycles. The summed E-state index contributed by atoms with van der Waals surface area (Å²) in [5.41, 5.74) is 7.93. The Hall–Kier alpha value is -1.11. The van der Waals surface area contributed by atoms with Crippen molar-refractivity contribution in [3.8, 4) is 0 Å². The van der Waals surface area contributed by atoms with Crippen molar-refractivity contribution in [2.75, 3.05) is 26.2 Å². The molecule has 0 unspecified atom stereocenters. The summed E-state index contributed by atoms with van der Waals surface area (Å²) < 4.78 is 3.35. The molecule has 200 valence electrons. The lowest BCUT2D eigenvalue weighted by Crippen LogP contribution is -2.67. The van der Waals surface area contributed by atoms with Gasteiger partial charge in [0.2, 0.25) is 11.8 Å². The molecule has 0 atom stereocenters. The van der Waals surface area contributed by atoms with E-state index in [1.165, 1.54) is 9.80 Å². The maximum absolute atomic E-state index is 14.3. The summed E-state index contributed by atoms with van der Waals surface area (Å²) in [6.07, 6.45) is 3.19. The topological polar surface area (TPSA) is 113 Å². The van der Waals surface area contributed by atoms with Crippen LogP contribution in [0.5, 0.6) is 0 Å². The van der Waals surface area contributed by atoms with E-state index in [-0.39, 0.29) is 25.9 Å². The normalized spacial score (nSPS) is 15.6. The Morgan fingerprint density at radius 1 is 0.595 bits per heavy atom. The first-order valence-electron chi connectivity index (χ1n) is 12.3. The highest BCUT2D eigenvalue weighted by atomic mass is 79.9. The molecule has 0 aliphatic carbocycles. The van der Waals surface area contributed by atoms with Crippen molar-refractivity contribution in [1.29, 1.82) is 0 Å². The number of amides is 4. The van der Waals surface area contributed by atoms with E-state index in [2.05, 4.69) is 75.2 Å². The molecule has 7 nitrogen and oxygen atoms in total. The van der Waals surface area contributed by atoms with E-state index < -0.39 is 23.3 Å². The van der Waals surface area contributed by atoms with E-state index in [0.29, 0.717) is 25.9 Å². The van der Waals surface area contributed by atoms with Crippen molar-refractivity contribution in [3.63, 3.8) is 0 Å². The third-order valence-corrected chi connectivity index (χ3v) is 8.22. The monoisotopic (exact) mass is 764 g/mol. The van der Waals surface area contributed by atoms with Gasteiger partial charge in [-0.25, -0.2) is 4.79 Å². The highest BCUT2D eigenvalue weighted by molar-refractivity contribution is 9.11. The number of carbonyl (C=O) groups is 3. The summed E-state index contributed by atoms with van der Waals surface area (Å²) in [5.74, 6) is -0.876. The number of nitrogens with zero attached hydrogens (tertiary/aromatic N) is 2. The highest BCUT2D eigenvalue weighted by Gasteiger charge is 2.56. The first-order valence-corrected chi connectivity index (χ1v) is 15.4. The van der Waals surface area contributed by atoms with Gasteiger partial charge in [-0.05, 0) is 86.1 Å². The van der Waals surface area contributed by atoms with Gasteiger partial charge in [0.25, 0.3) is 0 Å². The van der Waals surface area contributed by atoms with Crippen LogP contribution in [0.25, 0.3) is 0 Å². The summed E-state index contributed by atoms with van der Waals surface area (Å²) in [5, 5.41) is 0. The average Bonchev–Trinajstić information content (AvgIpc) is 2.81. The number of hydrogen-bond acceptors (Lipinski definition) is 3. The van der Waals surface area contributed by atoms with Crippen LogP contribution in [0.2, 0.25) is 0 Å². The van der Waals surface area contributed by atoms with Gasteiger partial charge in [-0.2, -0.15) is 0 Å². The Kier molecular flexibility index (Phi) is 11.3. The molecule has 1 aliphatic heterocycles. The van der Waals surface area contributed by atoms with E-state index in [9.17, 15) is 14.4 Å². The summed E-state index contributed by atoms with van der Waals surface area (Å²) in [4.78, 5) is 44.6. The molecule has 0 bridgehead atoms. The number of rotatable bonds is 12. The van der Waals surface area contributed by atoms with Crippen LogP contribution in [0.15, 0.2) is 54.3 Å². The van der Waals surface area contributed by atoms with Gasteiger partial charge in [0, 0.05) is 31.0 Å². The average molecular weight is 768 g/mol. The number of carbonyl (C=O) groups excluding carboxylic acids is 3. The molecule has 0 aromatic heterocycles.